The predicted molar refractivity (Wildman–Crippen MR) is 36.8 cm³/mol. The van der Waals surface area contributed by atoms with E-state index in [1.807, 2.05) is 0 Å². The molecule has 1 aliphatic carbocycles. The van der Waals surface area contributed by atoms with E-state index in [4.69, 9.17) is 5.73 Å². The highest BCUT2D eigenvalue weighted by Crippen LogP contribution is 2.27. The van der Waals surface area contributed by atoms with Crippen LogP contribution in [0.4, 0.5) is 0 Å². The van der Waals surface area contributed by atoms with Crippen LogP contribution >= 0.6 is 12.4 Å². The van der Waals surface area contributed by atoms with Crippen molar-refractivity contribution >= 4 is 12.4 Å². The van der Waals surface area contributed by atoms with Crippen LogP contribution in [-0.2, 0) is 0 Å². The summed E-state index contributed by atoms with van der Waals surface area (Å²) in [6.07, 6.45) is 2.60. The molecule has 1 fully saturated rings. The third-order valence-electron chi connectivity index (χ3n) is 0.986. The largest absolute Gasteiger partial charge is 0.320 e. The Balaban J connectivity index is 0.000000490. The zero-order chi connectivity index (χ0) is 5.11. The highest BCUT2D eigenvalue weighted by molar-refractivity contribution is 5.85. The highest BCUT2D eigenvalue weighted by Gasteiger charge is 2.17. The van der Waals surface area contributed by atoms with Crippen LogP contribution in [0.3, 0.4) is 0 Å². The van der Waals surface area contributed by atoms with Gasteiger partial charge < -0.3 is 5.73 Å². The van der Waals surface area contributed by atoms with E-state index < -0.39 is 0 Å². The topological polar surface area (TPSA) is 26.0 Å². The Morgan fingerprint density at radius 2 is 2.12 bits per heavy atom. The predicted octanol–water partition coefficient (Wildman–Crippen LogP) is 0.780. The fourth-order valence-electron chi connectivity index (χ4n) is 0.431. The van der Waals surface area contributed by atoms with Crippen LogP contribution in [0.5, 0.6) is 0 Å². The first-order valence-corrected chi connectivity index (χ1v) is 2.62. The minimum atomic E-state index is 0. The van der Waals surface area contributed by atoms with Gasteiger partial charge in [0.2, 0.25) is 0 Å². The fourth-order valence-corrected chi connectivity index (χ4v) is 0.431. The van der Waals surface area contributed by atoms with Crippen molar-refractivity contribution in [2.45, 2.75) is 12.8 Å². The third kappa shape index (κ3) is 2.90. The first-order chi connectivity index (χ1) is 3.43. The van der Waals surface area contributed by atoms with E-state index in [1.54, 1.807) is 0 Å². The average Bonchev–Trinajstić information content (AvgIpc) is 2.42. The van der Waals surface area contributed by atoms with Gasteiger partial charge in [0.25, 0.3) is 0 Å². The maximum atomic E-state index is 5.13. The van der Waals surface area contributed by atoms with Gasteiger partial charge in [-0.25, -0.2) is 0 Å². The van der Waals surface area contributed by atoms with Crippen molar-refractivity contribution in [3.8, 4) is 11.8 Å². The van der Waals surface area contributed by atoms with Crippen LogP contribution in [0.15, 0.2) is 0 Å². The molecule has 0 aromatic rings. The standard InChI is InChI=1S/C6H9N.ClH/c7-5-1-2-6-3-4-6;/h6H,3-5,7H2;1H. The quantitative estimate of drug-likeness (QED) is 0.483. The van der Waals surface area contributed by atoms with Gasteiger partial charge in [0.05, 0.1) is 6.54 Å². The van der Waals surface area contributed by atoms with Gasteiger partial charge in [-0.3, -0.25) is 0 Å². The summed E-state index contributed by atoms with van der Waals surface area (Å²) >= 11 is 0. The molecule has 1 rings (SSSR count). The monoisotopic (exact) mass is 131 g/mol. The van der Waals surface area contributed by atoms with Gasteiger partial charge in [-0.2, -0.15) is 0 Å². The molecule has 0 amide bonds. The molecular weight excluding hydrogens is 122 g/mol. The Hall–Kier alpha value is -0.190. The molecule has 1 saturated carbocycles. The summed E-state index contributed by atoms with van der Waals surface area (Å²) in [6.45, 7) is 0.524. The zero-order valence-electron chi connectivity index (χ0n) is 4.68. The van der Waals surface area contributed by atoms with Crippen LogP contribution < -0.4 is 5.73 Å². The summed E-state index contributed by atoms with van der Waals surface area (Å²) in [5.41, 5.74) is 5.13. The molecule has 1 aliphatic rings. The van der Waals surface area contributed by atoms with Crippen molar-refractivity contribution in [1.82, 2.24) is 0 Å². The van der Waals surface area contributed by atoms with Crippen molar-refractivity contribution in [1.29, 1.82) is 0 Å². The Bertz CT molecular complexity index is 107. The average molecular weight is 132 g/mol. The van der Waals surface area contributed by atoms with Crippen LogP contribution in [0, 0.1) is 17.8 Å². The number of hydrogen-bond donors (Lipinski definition) is 1. The maximum Gasteiger partial charge on any atom is 0.0551 e. The van der Waals surface area contributed by atoms with Crippen molar-refractivity contribution in [3.63, 3.8) is 0 Å². The number of halogens is 1. The summed E-state index contributed by atoms with van der Waals surface area (Å²) in [4.78, 5) is 0. The molecule has 0 unspecified atom stereocenters. The zero-order valence-corrected chi connectivity index (χ0v) is 5.50. The second kappa shape index (κ2) is 3.77. The van der Waals surface area contributed by atoms with E-state index in [-0.39, 0.29) is 12.4 Å². The number of nitrogens with two attached hydrogens (primary N) is 1. The minimum absolute atomic E-state index is 0. The minimum Gasteiger partial charge on any atom is -0.320 e. The smallest absolute Gasteiger partial charge is 0.0551 e. The molecule has 0 aromatic carbocycles. The summed E-state index contributed by atoms with van der Waals surface area (Å²) in [7, 11) is 0. The van der Waals surface area contributed by atoms with E-state index in [9.17, 15) is 0 Å². The molecular formula is C6H10ClN. The molecule has 8 heavy (non-hydrogen) atoms. The van der Waals surface area contributed by atoms with Gasteiger partial charge in [0.15, 0.2) is 0 Å². The summed E-state index contributed by atoms with van der Waals surface area (Å²) in [5, 5.41) is 0. The molecule has 0 atom stereocenters. The molecule has 0 aromatic heterocycles. The van der Waals surface area contributed by atoms with Crippen molar-refractivity contribution in [2.75, 3.05) is 6.54 Å². The van der Waals surface area contributed by atoms with Gasteiger partial charge in [-0.05, 0) is 12.8 Å². The lowest BCUT2D eigenvalue weighted by Gasteiger charge is -1.69. The van der Waals surface area contributed by atoms with Gasteiger partial charge in [-0.1, -0.05) is 11.8 Å². The molecule has 2 N–H and O–H groups in total. The highest BCUT2D eigenvalue weighted by atomic mass is 35.5. The van der Waals surface area contributed by atoms with E-state index in [1.165, 1.54) is 12.8 Å². The summed E-state index contributed by atoms with van der Waals surface area (Å²) in [5.74, 6) is 6.58. The fraction of sp³-hybridized carbons (Fsp3) is 0.667. The lowest BCUT2D eigenvalue weighted by molar-refractivity contribution is 1.17. The van der Waals surface area contributed by atoms with Gasteiger partial charge in [0, 0.05) is 5.92 Å². The van der Waals surface area contributed by atoms with E-state index in [2.05, 4.69) is 11.8 Å². The lowest BCUT2D eigenvalue weighted by atomic mass is 10.4. The van der Waals surface area contributed by atoms with E-state index >= 15 is 0 Å². The molecule has 0 spiro atoms. The third-order valence-corrected chi connectivity index (χ3v) is 0.986. The van der Waals surface area contributed by atoms with E-state index in [0.717, 1.165) is 0 Å². The first-order valence-electron chi connectivity index (χ1n) is 2.62. The Morgan fingerprint density at radius 3 is 2.50 bits per heavy atom. The van der Waals surface area contributed by atoms with Crippen LogP contribution in [-0.4, -0.2) is 6.54 Å². The van der Waals surface area contributed by atoms with Crippen LogP contribution in [0.25, 0.3) is 0 Å². The molecule has 1 nitrogen and oxygen atoms in total. The Labute approximate surface area is 56.1 Å². The summed E-state index contributed by atoms with van der Waals surface area (Å²) in [6, 6.07) is 0. The molecule has 0 radical (unpaired) electrons. The normalized spacial score (nSPS) is 15.6. The molecule has 0 heterocycles. The van der Waals surface area contributed by atoms with Gasteiger partial charge in [-0.15, -0.1) is 12.4 Å². The molecule has 46 valence electrons. The number of hydrogen-bond acceptors (Lipinski definition) is 1. The Morgan fingerprint density at radius 1 is 1.50 bits per heavy atom. The van der Waals surface area contributed by atoms with Crippen molar-refractivity contribution in [2.24, 2.45) is 11.7 Å². The van der Waals surface area contributed by atoms with Crippen molar-refractivity contribution in [3.05, 3.63) is 0 Å². The molecule has 2 heteroatoms. The van der Waals surface area contributed by atoms with Gasteiger partial charge in [0.1, 0.15) is 0 Å². The summed E-state index contributed by atoms with van der Waals surface area (Å²) < 4.78 is 0. The molecule has 0 aliphatic heterocycles. The Kier molecular flexibility index (Phi) is 3.68. The second-order valence-electron chi connectivity index (χ2n) is 1.80. The van der Waals surface area contributed by atoms with Gasteiger partial charge >= 0.3 is 0 Å². The lowest BCUT2D eigenvalue weighted by Crippen LogP contribution is -1.92. The van der Waals surface area contributed by atoms with E-state index in [0.29, 0.717) is 12.5 Å². The second-order valence-corrected chi connectivity index (χ2v) is 1.80. The number of rotatable bonds is 0. The molecule has 0 saturated heterocycles. The van der Waals surface area contributed by atoms with Crippen molar-refractivity contribution < 1.29 is 0 Å². The van der Waals surface area contributed by atoms with Crippen LogP contribution in [0.1, 0.15) is 12.8 Å². The van der Waals surface area contributed by atoms with Crippen LogP contribution in [0.2, 0.25) is 0 Å². The molecule has 0 bridgehead atoms. The SMILES string of the molecule is Cl.NCC#CC1CC1. The maximum absolute atomic E-state index is 5.13. The first kappa shape index (κ1) is 7.81.